The van der Waals surface area contributed by atoms with Gasteiger partial charge >= 0.3 is 0 Å². The molecule has 0 aromatic heterocycles. The lowest BCUT2D eigenvalue weighted by Gasteiger charge is -1.89. The maximum Gasteiger partial charge on any atom is 0.123 e. The van der Waals surface area contributed by atoms with E-state index in [2.05, 4.69) is 6.92 Å². The first kappa shape index (κ1) is 4.23. The molecule has 0 amide bonds. The van der Waals surface area contributed by atoms with E-state index >= 15 is 0 Å². The summed E-state index contributed by atoms with van der Waals surface area (Å²) in [6, 6.07) is 0. The third kappa shape index (κ3) is 0.765. The van der Waals surface area contributed by atoms with Gasteiger partial charge in [0.2, 0.25) is 0 Å². The molecule has 0 bridgehead atoms. The average molecular weight is 82.0 g/mol. The SMILES string of the molecule is CC1BCCC1. The minimum absolute atomic E-state index is 1.05. The van der Waals surface area contributed by atoms with Crippen LogP contribution in [0.25, 0.3) is 0 Å². The lowest BCUT2D eigenvalue weighted by atomic mass is 9.69. The van der Waals surface area contributed by atoms with E-state index < -0.39 is 0 Å². The Morgan fingerprint density at radius 1 is 1.67 bits per heavy atom. The van der Waals surface area contributed by atoms with Crippen LogP contribution in [0.1, 0.15) is 19.8 Å². The largest absolute Gasteiger partial charge is 0.123 e. The third-order valence-electron chi connectivity index (χ3n) is 1.64. The summed E-state index contributed by atoms with van der Waals surface area (Å²) >= 11 is 0. The Balaban J connectivity index is 2.18. The molecule has 0 aromatic rings. The Morgan fingerprint density at radius 2 is 2.50 bits per heavy atom. The molecule has 0 aromatic carbocycles. The van der Waals surface area contributed by atoms with Crippen molar-refractivity contribution in [1.29, 1.82) is 0 Å². The van der Waals surface area contributed by atoms with Crippen LogP contribution >= 0.6 is 0 Å². The van der Waals surface area contributed by atoms with Crippen molar-refractivity contribution in [2.24, 2.45) is 0 Å². The number of hydrogen-bond donors (Lipinski definition) is 0. The van der Waals surface area contributed by atoms with E-state index in [-0.39, 0.29) is 0 Å². The first-order valence-corrected chi connectivity index (χ1v) is 2.89. The van der Waals surface area contributed by atoms with Crippen LogP contribution in [0.15, 0.2) is 0 Å². The van der Waals surface area contributed by atoms with Gasteiger partial charge in [-0.1, -0.05) is 31.9 Å². The third-order valence-corrected chi connectivity index (χ3v) is 1.64. The normalized spacial score (nSPS) is 33.2. The van der Waals surface area contributed by atoms with Crippen molar-refractivity contribution in [3.63, 3.8) is 0 Å². The van der Waals surface area contributed by atoms with Gasteiger partial charge in [-0.05, 0) is 0 Å². The van der Waals surface area contributed by atoms with Crippen molar-refractivity contribution < 1.29 is 0 Å². The van der Waals surface area contributed by atoms with Gasteiger partial charge in [0, 0.05) is 0 Å². The molecule has 0 nitrogen and oxygen atoms in total. The van der Waals surface area contributed by atoms with E-state index in [9.17, 15) is 0 Å². The molecule has 1 saturated heterocycles. The molecule has 1 unspecified atom stereocenters. The molecule has 1 fully saturated rings. The zero-order valence-corrected chi connectivity index (χ0v) is 4.41. The van der Waals surface area contributed by atoms with Gasteiger partial charge in [-0.3, -0.25) is 0 Å². The highest BCUT2D eigenvalue weighted by Crippen LogP contribution is 2.21. The number of hydrogen-bond acceptors (Lipinski definition) is 0. The molecule has 0 N–H and O–H groups in total. The molecule has 0 radical (unpaired) electrons. The fourth-order valence-corrected chi connectivity index (χ4v) is 1.13. The Kier molecular flexibility index (Phi) is 1.18. The standard InChI is InChI=1S/C5H11B/c1-5-3-2-4-6-5/h5-6H,2-4H2,1H3. The second-order valence-electron chi connectivity index (χ2n) is 2.39. The van der Waals surface area contributed by atoms with Gasteiger partial charge in [0.1, 0.15) is 7.28 Å². The van der Waals surface area contributed by atoms with Crippen LogP contribution in [-0.2, 0) is 0 Å². The minimum Gasteiger partial charge on any atom is -0.0772 e. The van der Waals surface area contributed by atoms with Gasteiger partial charge in [0.05, 0.1) is 0 Å². The first-order chi connectivity index (χ1) is 2.89. The summed E-state index contributed by atoms with van der Waals surface area (Å²) in [5.41, 5.74) is 0. The van der Waals surface area contributed by atoms with E-state index in [4.69, 9.17) is 0 Å². The maximum absolute atomic E-state index is 2.34. The van der Waals surface area contributed by atoms with E-state index in [0.717, 1.165) is 5.82 Å². The highest BCUT2D eigenvalue weighted by Gasteiger charge is 2.09. The van der Waals surface area contributed by atoms with Crippen molar-refractivity contribution in [3.8, 4) is 0 Å². The summed E-state index contributed by atoms with van der Waals surface area (Å²) in [7, 11) is 1.49. The highest BCUT2D eigenvalue weighted by atomic mass is 14.0. The summed E-state index contributed by atoms with van der Waals surface area (Å²) in [6.45, 7) is 2.34. The average Bonchev–Trinajstić information content (AvgIpc) is 1.86. The lowest BCUT2D eigenvalue weighted by Crippen LogP contribution is -1.83. The maximum atomic E-state index is 2.34. The van der Waals surface area contributed by atoms with Gasteiger partial charge in [-0.2, -0.15) is 0 Å². The minimum atomic E-state index is 1.05. The second-order valence-corrected chi connectivity index (χ2v) is 2.39. The zero-order chi connectivity index (χ0) is 4.41. The summed E-state index contributed by atoms with van der Waals surface area (Å²) in [5, 5.41) is 0. The van der Waals surface area contributed by atoms with Gasteiger partial charge in [0.15, 0.2) is 0 Å². The molecule has 6 heavy (non-hydrogen) atoms. The van der Waals surface area contributed by atoms with Crippen molar-refractivity contribution in [2.75, 3.05) is 0 Å². The molecular formula is C5H11B. The molecule has 34 valence electrons. The van der Waals surface area contributed by atoms with Crippen LogP contribution in [0.3, 0.4) is 0 Å². The van der Waals surface area contributed by atoms with Crippen LogP contribution in [-0.4, -0.2) is 7.28 Å². The predicted molar refractivity (Wildman–Crippen MR) is 30.6 cm³/mol. The molecule has 1 heterocycles. The Bertz CT molecular complexity index is 37.2. The molecule has 0 saturated carbocycles. The predicted octanol–water partition coefficient (Wildman–Crippen LogP) is 1.44. The van der Waals surface area contributed by atoms with E-state index in [1.807, 2.05) is 0 Å². The quantitative estimate of drug-likeness (QED) is 0.388. The second kappa shape index (κ2) is 1.68. The Hall–Kier alpha value is 0.0649. The van der Waals surface area contributed by atoms with Crippen molar-refractivity contribution in [1.82, 2.24) is 0 Å². The first-order valence-electron chi connectivity index (χ1n) is 2.89. The fraction of sp³-hybridized carbons (Fsp3) is 1.00. The lowest BCUT2D eigenvalue weighted by molar-refractivity contribution is 0.821. The molecular weight excluding hydrogens is 70.9 g/mol. The van der Waals surface area contributed by atoms with Crippen molar-refractivity contribution in [2.45, 2.75) is 31.9 Å². The molecule has 1 aliphatic heterocycles. The van der Waals surface area contributed by atoms with E-state index in [1.54, 1.807) is 0 Å². The molecule has 1 rings (SSSR count). The van der Waals surface area contributed by atoms with E-state index in [0.29, 0.717) is 0 Å². The fourth-order valence-electron chi connectivity index (χ4n) is 1.13. The van der Waals surface area contributed by atoms with Gasteiger partial charge in [0.25, 0.3) is 0 Å². The van der Waals surface area contributed by atoms with Crippen LogP contribution < -0.4 is 0 Å². The zero-order valence-electron chi connectivity index (χ0n) is 4.41. The molecule has 1 heteroatoms. The van der Waals surface area contributed by atoms with Crippen LogP contribution in [0.4, 0.5) is 0 Å². The van der Waals surface area contributed by atoms with E-state index in [1.165, 1.54) is 26.4 Å². The topological polar surface area (TPSA) is 0 Å². The Morgan fingerprint density at radius 3 is 2.67 bits per heavy atom. The summed E-state index contributed by atoms with van der Waals surface area (Å²) in [6.07, 6.45) is 4.46. The van der Waals surface area contributed by atoms with Gasteiger partial charge in [-0.25, -0.2) is 0 Å². The van der Waals surface area contributed by atoms with Crippen LogP contribution in [0.2, 0.25) is 12.1 Å². The van der Waals surface area contributed by atoms with Crippen molar-refractivity contribution in [3.05, 3.63) is 0 Å². The molecule has 1 aliphatic rings. The highest BCUT2D eigenvalue weighted by molar-refractivity contribution is 6.38. The smallest absolute Gasteiger partial charge is 0.0772 e. The van der Waals surface area contributed by atoms with Gasteiger partial charge < -0.3 is 0 Å². The van der Waals surface area contributed by atoms with Crippen LogP contribution in [0.5, 0.6) is 0 Å². The number of rotatable bonds is 0. The van der Waals surface area contributed by atoms with Crippen LogP contribution in [0, 0.1) is 0 Å². The summed E-state index contributed by atoms with van der Waals surface area (Å²) in [5.74, 6) is 1.05. The monoisotopic (exact) mass is 82.1 g/mol. The molecule has 1 atom stereocenters. The molecule has 0 aliphatic carbocycles. The van der Waals surface area contributed by atoms with Gasteiger partial charge in [-0.15, -0.1) is 0 Å². The van der Waals surface area contributed by atoms with Crippen molar-refractivity contribution >= 4 is 7.28 Å². The summed E-state index contributed by atoms with van der Waals surface area (Å²) in [4.78, 5) is 0. The summed E-state index contributed by atoms with van der Waals surface area (Å²) < 4.78 is 0. The Labute approximate surface area is 40.2 Å². The molecule has 0 spiro atoms.